The summed E-state index contributed by atoms with van der Waals surface area (Å²) in [5.74, 6) is -3.81. The fraction of sp³-hybridized carbons (Fsp3) is 0.158. The zero-order valence-corrected chi connectivity index (χ0v) is 18.1. The molecule has 0 radical (unpaired) electrons. The number of aliphatic carboxylic acids is 1. The van der Waals surface area contributed by atoms with Gasteiger partial charge in [-0.25, -0.2) is 19.2 Å². The Morgan fingerprint density at radius 1 is 1.19 bits per heavy atom. The maximum absolute atomic E-state index is 13.5. The van der Waals surface area contributed by atoms with Gasteiger partial charge < -0.3 is 10.4 Å². The lowest BCUT2D eigenvalue weighted by Crippen LogP contribution is -2.46. The van der Waals surface area contributed by atoms with Crippen LogP contribution in [-0.4, -0.2) is 45.3 Å². The van der Waals surface area contributed by atoms with Crippen LogP contribution in [0.5, 0.6) is 0 Å². The molecule has 0 spiro atoms. The lowest BCUT2D eigenvalue weighted by molar-refractivity contribution is -0.136. The van der Waals surface area contributed by atoms with E-state index in [0.29, 0.717) is 20.9 Å². The highest BCUT2D eigenvalue weighted by molar-refractivity contribution is 8.26. The first kappa shape index (κ1) is 23.0. The Balaban J connectivity index is 1.62. The third-order valence-electron chi connectivity index (χ3n) is 4.00. The highest BCUT2D eigenvalue weighted by Gasteiger charge is 2.32. The van der Waals surface area contributed by atoms with E-state index in [1.54, 1.807) is 17.5 Å². The van der Waals surface area contributed by atoms with Crippen molar-refractivity contribution in [3.8, 4) is 11.1 Å². The summed E-state index contributed by atoms with van der Waals surface area (Å²) < 4.78 is 26.8. The van der Waals surface area contributed by atoms with Gasteiger partial charge in [-0.3, -0.25) is 14.4 Å². The van der Waals surface area contributed by atoms with Crippen LogP contribution in [0.1, 0.15) is 11.3 Å². The molecule has 1 saturated heterocycles. The van der Waals surface area contributed by atoms with Crippen LogP contribution in [0.3, 0.4) is 0 Å². The number of carbonyl (C=O) groups excluding carboxylic acids is 2. The largest absolute Gasteiger partial charge is 0.481 e. The Kier molecular flexibility index (Phi) is 7.49. The fourth-order valence-electron chi connectivity index (χ4n) is 2.51. The summed E-state index contributed by atoms with van der Waals surface area (Å²) in [6.07, 6.45) is 1.42. The van der Waals surface area contributed by atoms with Crippen molar-refractivity contribution in [1.29, 1.82) is 0 Å². The molecule has 1 aliphatic heterocycles. The zero-order valence-electron chi connectivity index (χ0n) is 15.7. The van der Waals surface area contributed by atoms with E-state index in [-0.39, 0.29) is 23.8 Å². The molecule has 3 rings (SSSR count). The number of hydrazine groups is 1. The van der Waals surface area contributed by atoms with E-state index < -0.39 is 29.4 Å². The van der Waals surface area contributed by atoms with Crippen LogP contribution in [0.4, 0.5) is 8.78 Å². The average Bonchev–Trinajstić information content (AvgIpc) is 3.27. The number of hydrogen-bond acceptors (Lipinski definition) is 7. The molecule has 0 unspecified atom stereocenters. The smallest absolute Gasteiger partial charge is 0.305 e. The van der Waals surface area contributed by atoms with Crippen LogP contribution >= 0.6 is 35.3 Å². The molecule has 7 nitrogen and oxygen atoms in total. The second-order valence-electron chi connectivity index (χ2n) is 6.21. The van der Waals surface area contributed by atoms with Gasteiger partial charge in [-0.2, -0.15) is 0 Å². The molecule has 31 heavy (non-hydrogen) atoms. The third kappa shape index (κ3) is 5.94. The number of benzene rings is 1. The summed E-state index contributed by atoms with van der Waals surface area (Å²) in [7, 11) is 0. The summed E-state index contributed by atoms with van der Waals surface area (Å²) >= 11 is 7.55. The van der Waals surface area contributed by atoms with Crippen molar-refractivity contribution < 1.29 is 28.3 Å². The van der Waals surface area contributed by atoms with Crippen molar-refractivity contribution >= 4 is 63.5 Å². The van der Waals surface area contributed by atoms with Crippen molar-refractivity contribution in [2.75, 3.05) is 13.1 Å². The molecule has 0 saturated carbocycles. The predicted octanol–water partition coefficient (Wildman–Crippen LogP) is 2.99. The van der Waals surface area contributed by atoms with Crippen molar-refractivity contribution in [1.82, 2.24) is 15.8 Å². The third-order valence-corrected chi connectivity index (χ3v) is 6.18. The van der Waals surface area contributed by atoms with Crippen LogP contribution in [0.15, 0.2) is 34.6 Å². The van der Waals surface area contributed by atoms with E-state index in [0.717, 1.165) is 28.9 Å². The topological polar surface area (TPSA) is 98.7 Å². The number of carboxylic acids is 1. The van der Waals surface area contributed by atoms with E-state index in [1.165, 1.54) is 17.4 Å². The Morgan fingerprint density at radius 2 is 1.97 bits per heavy atom. The van der Waals surface area contributed by atoms with Gasteiger partial charge in [0.1, 0.15) is 0 Å². The molecule has 162 valence electrons. The van der Waals surface area contributed by atoms with Crippen LogP contribution < -0.4 is 10.7 Å². The molecule has 0 aliphatic carbocycles. The summed E-state index contributed by atoms with van der Waals surface area (Å²) in [5.41, 5.74) is 3.82. The number of carbonyl (C=O) groups is 3. The Bertz CT molecular complexity index is 1090. The first-order valence-electron chi connectivity index (χ1n) is 8.78. The maximum atomic E-state index is 13.5. The summed E-state index contributed by atoms with van der Waals surface area (Å²) in [5, 5.41) is 13.8. The van der Waals surface area contributed by atoms with Crippen molar-refractivity contribution in [2.24, 2.45) is 0 Å². The SMILES string of the molecule is O=C(O)CCNC(=O)CNN1C(=O)C(=Cc2cc(-c3ccc(F)c(F)c3)cs2)SC1=S. The van der Waals surface area contributed by atoms with E-state index >= 15 is 0 Å². The average molecular weight is 484 g/mol. The quantitative estimate of drug-likeness (QED) is 0.392. The number of nitrogens with one attached hydrogen (secondary N) is 2. The molecule has 2 aromatic rings. The molecular weight excluding hydrogens is 468 g/mol. The standard InChI is InChI=1S/C19H15F2N3O4S3/c20-13-2-1-10(6-14(13)21)11-5-12(30-9-11)7-15-18(28)24(19(29)31-15)23-8-16(25)22-4-3-17(26)27/h1-2,5-7,9,23H,3-4,8H2,(H,22,25)(H,26,27). The van der Waals surface area contributed by atoms with E-state index in [9.17, 15) is 23.2 Å². The summed E-state index contributed by atoms with van der Waals surface area (Å²) in [6, 6.07) is 5.37. The molecule has 1 aliphatic rings. The number of thiocarbonyl (C=S) groups is 1. The van der Waals surface area contributed by atoms with Crippen molar-refractivity contribution in [3.05, 3.63) is 51.1 Å². The van der Waals surface area contributed by atoms with Gasteiger partial charge in [0.05, 0.1) is 17.9 Å². The maximum Gasteiger partial charge on any atom is 0.305 e. The number of rotatable bonds is 8. The molecular formula is C19H15F2N3O4S3. The second-order valence-corrected chi connectivity index (χ2v) is 8.83. The highest BCUT2D eigenvalue weighted by atomic mass is 32.2. The molecule has 0 bridgehead atoms. The van der Waals surface area contributed by atoms with Crippen LogP contribution in [0, 0.1) is 11.6 Å². The normalized spacial score (nSPS) is 15.0. The Morgan fingerprint density at radius 3 is 2.68 bits per heavy atom. The van der Waals surface area contributed by atoms with Gasteiger partial charge in [-0.05, 0) is 40.8 Å². The van der Waals surface area contributed by atoms with Gasteiger partial charge in [-0.15, -0.1) is 11.3 Å². The monoisotopic (exact) mass is 483 g/mol. The second kappa shape index (κ2) is 10.1. The minimum absolute atomic E-state index is 0.0210. The number of hydrogen-bond donors (Lipinski definition) is 3. The van der Waals surface area contributed by atoms with E-state index in [1.807, 2.05) is 0 Å². The van der Waals surface area contributed by atoms with Crippen molar-refractivity contribution in [2.45, 2.75) is 6.42 Å². The lowest BCUT2D eigenvalue weighted by Gasteiger charge is -2.15. The van der Waals surface area contributed by atoms with Crippen molar-refractivity contribution in [3.63, 3.8) is 0 Å². The van der Waals surface area contributed by atoms with Gasteiger partial charge in [0.2, 0.25) is 5.91 Å². The summed E-state index contributed by atoms with van der Waals surface area (Å²) in [4.78, 5) is 35.8. The molecule has 2 heterocycles. The number of thioether (sulfide) groups is 1. The van der Waals surface area contributed by atoms with Gasteiger partial charge >= 0.3 is 5.97 Å². The predicted molar refractivity (Wildman–Crippen MR) is 118 cm³/mol. The Labute approximate surface area is 189 Å². The fourth-order valence-corrected chi connectivity index (χ4v) is 4.64. The number of thiophene rings is 1. The van der Waals surface area contributed by atoms with Crippen LogP contribution in [0.25, 0.3) is 17.2 Å². The first-order valence-corrected chi connectivity index (χ1v) is 10.9. The molecule has 1 aromatic heterocycles. The first-order chi connectivity index (χ1) is 14.7. The van der Waals surface area contributed by atoms with Gasteiger partial charge in [0, 0.05) is 11.4 Å². The molecule has 1 fully saturated rings. The van der Waals surface area contributed by atoms with E-state index in [2.05, 4.69) is 10.7 Å². The number of carboxylic acid groups (broad SMARTS) is 1. The van der Waals surface area contributed by atoms with Crippen LogP contribution in [0.2, 0.25) is 0 Å². The number of halogens is 2. The van der Waals surface area contributed by atoms with Gasteiger partial charge in [0.15, 0.2) is 16.0 Å². The minimum atomic E-state index is -1.03. The highest BCUT2D eigenvalue weighted by Crippen LogP contribution is 2.34. The zero-order chi connectivity index (χ0) is 22.5. The summed E-state index contributed by atoms with van der Waals surface area (Å²) in [6.45, 7) is -0.272. The van der Waals surface area contributed by atoms with Gasteiger partial charge in [-0.1, -0.05) is 30.0 Å². The minimum Gasteiger partial charge on any atom is -0.481 e. The molecule has 12 heteroatoms. The number of nitrogens with zero attached hydrogens (tertiary/aromatic N) is 1. The molecule has 3 N–H and O–H groups in total. The van der Waals surface area contributed by atoms with E-state index in [4.69, 9.17) is 17.3 Å². The Hall–Kier alpha value is -2.67. The number of amides is 2. The molecule has 1 aromatic carbocycles. The lowest BCUT2D eigenvalue weighted by atomic mass is 10.1. The van der Waals surface area contributed by atoms with Crippen LogP contribution in [-0.2, 0) is 14.4 Å². The molecule has 2 amide bonds. The van der Waals surface area contributed by atoms with Gasteiger partial charge in [0.25, 0.3) is 5.91 Å². The molecule has 0 atom stereocenters.